The van der Waals surface area contributed by atoms with Gasteiger partial charge in [0.25, 0.3) is 0 Å². The minimum absolute atomic E-state index is 0.152. The number of carbonyl (C=O) groups excluding carboxylic acids is 2. The highest BCUT2D eigenvalue weighted by Gasteiger charge is 2.12. The third-order valence-corrected chi connectivity index (χ3v) is 3.79. The topological polar surface area (TPSA) is 118 Å². The molecule has 2 N–H and O–H groups in total. The van der Waals surface area contributed by atoms with Crippen LogP contribution in [0.2, 0.25) is 0 Å². The molecule has 0 atom stereocenters. The average molecular weight is 408 g/mol. The molecule has 0 fully saturated rings. The first-order valence-corrected chi connectivity index (χ1v) is 9.64. The Balaban J connectivity index is 3.64. The van der Waals surface area contributed by atoms with Crippen LogP contribution in [0.5, 0.6) is 0 Å². The molecule has 10 heteroatoms. The summed E-state index contributed by atoms with van der Waals surface area (Å²) in [7, 11) is 3.17. The van der Waals surface area contributed by atoms with Gasteiger partial charge in [-0.1, -0.05) is 0 Å². The summed E-state index contributed by atoms with van der Waals surface area (Å²) in [5.74, 6) is -0.749. The second-order valence-corrected chi connectivity index (χ2v) is 6.16. The number of ether oxygens (including phenoxy) is 4. The average Bonchev–Trinajstić information content (AvgIpc) is 2.69. The standard InChI is InChI=1S/C18H36N2O8/c1-25-13-15-27-11-5-7-17(21)19(23)9-3-4-10-20(24)18(22)8-6-12-28-16-14-26-2/h23-24H,3-16H2,1-2H3. The maximum atomic E-state index is 11.7. The normalized spacial score (nSPS) is 10.9. The smallest absolute Gasteiger partial charge is 0.245 e. The Morgan fingerprint density at radius 1 is 0.643 bits per heavy atom. The Morgan fingerprint density at radius 2 is 1.04 bits per heavy atom. The Bertz CT molecular complexity index is 362. The molecule has 0 aromatic heterocycles. The van der Waals surface area contributed by atoms with Crippen LogP contribution < -0.4 is 0 Å². The number of amides is 2. The molecule has 0 aromatic carbocycles. The van der Waals surface area contributed by atoms with Crippen molar-refractivity contribution in [1.29, 1.82) is 0 Å². The second kappa shape index (κ2) is 19.0. The molecule has 0 spiro atoms. The number of hydroxylamine groups is 4. The van der Waals surface area contributed by atoms with Gasteiger partial charge in [-0.15, -0.1) is 0 Å². The maximum Gasteiger partial charge on any atom is 0.245 e. The number of unbranched alkanes of at least 4 members (excludes halogenated alkanes) is 1. The molecule has 0 aliphatic carbocycles. The van der Waals surface area contributed by atoms with Gasteiger partial charge in [0.1, 0.15) is 0 Å². The van der Waals surface area contributed by atoms with Gasteiger partial charge in [0.05, 0.1) is 26.4 Å². The van der Waals surface area contributed by atoms with Crippen LogP contribution in [0.15, 0.2) is 0 Å². The van der Waals surface area contributed by atoms with Crippen LogP contribution in [0.1, 0.15) is 38.5 Å². The van der Waals surface area contributed by atoms with Crippen LogP contribution in [0.25, 0.3) is 0 Å². The lowest BCUT2D eigenvalue weighted by Crippen LogP contribution is -2.31. The predicted molar refractivity (Wildman–Crippen MR) is 100 cm³/mol. The van der Waals surface area contributed by atoms with Crippen molar-refractivity contribution in [3.63, 3.8) is 0 Å². The Hall–Kier alpha value is -1.30. The lowest BCUT2D eigenvalue weighted by atomic mass is 10.2. The first kappa shape index (κ1) is 26.7. The van der Waals surface area contributed by atoms with Crippen molar-refractivity contribution < 1.29 is 39.0 Å². The van der Waals surface area contributed by atoms with Crippen molar-refractivity contribution in [2.45, 2.75) is 38.5 Å². The first-order valence-electron chi connectivity index (χ1n) is 9.64. The Kier molecular flexibility index (Phi) is 18.2. The molecule has 28 heavy (non-hydrogen) atoms. The van der Waals surface area contributed by atoms with E-state index < -0.39 is 0 Å². The molecule has 0 heterocycles. The number of hydrogen-bond acceptors (Lipinski definition) is 8. The van der Waals surface area contributed by atoms with E-state index in [1.54, 1.807) is 14.2 Å². The van der Waals surface area contributed by atoms with Crippen LogP contribution >= 0.6 is 0 Å². The van der Waals surface area contributed by atoms with Gasteiger partial charge < -0.3 is 18.9 Å². The molecule has 0 saturated heterocycles. The number of rotatable bonds is 19. The third-order valence-electron chi connectivity index (χ3n) is 3.79. The Morgan fingerprint density at radius 3 is 1.39 bits per heavy atom. The molecular formula is C18H36N2O8. The van der Waals surface area contributed by atoms with Crippen molar-refractivity contribution in [2.75, 3.05) is 67.0 Å². The van der Waals surface area contributed by atoms with Crippen LogP contribution in [0, 0.1) is 0 Å². The maximum absolute atomic E-state index is 11.7. The van der Waals surface area contributed by atoms with Gasteiger partial charge >= 0.3 is 0 Å². The molecule has 0 unspecified atom stereocenters. The van der Waals surface area contributed by atoms with Crippen molar-refractivity contribution in [2.24, 2.45) is 0 Å². The zero-order chi connectivity index (χ0) is 21.0. The molecule has 0 bridgehead atoms. The lowest BCUT2D eigenvalue weighted by Gasteiger charge is -2.17. The third kappa shape index (κ3) is 15.7. The molecule has 10 nitrogen and oxygen atoms in total. The minimum atomic E-state index is -0.374. The molecule has 0 saturated carbocycles. The fourth-order valence-corrected chi connectivity index (χ4v) is 2.17. The number of carbonyl (C=O) groups is 2. The molecular weight excluding hydrogens is 372 g/mol. The van der Waals surface area contributed by atoms with Gasteiger partial charge in [0.2, 0.25) is 11.8 Å². The van der Waals surface area contributed by atoms with Crippen molar-refractivity contribution in [3.8, 4) is 0 Å². The molecule has 166 valence electrons. The summed E-state index contributed by atoms with van der Waals surface area (Å²) in [5.41, 5.74) is 0. The zero-order valence-electron chi connectivity index (χ0n) is 17.1. The van der Waals surface area contributed by atoms with Crippen molar-refractivity contribution >= 4 is 11.8 Å². The summed E-state index contributed by atoms with van der Waals surface area (Å²) in [4.78, 5) is 23.5. The van der Waals surface area contributed by atoms with E-state index in [4.69, 9.17) is 18.9 Å². The highest BCUT2D eigenvalue weighted by Crippen LogP contribution is 2.02. The van der Waals surface area contributed by atoms with E-state index in [9.17, 15) is 20.0 Å². The highest BCUT2D eigenvalue weighted by atomic mass is 16.5. The van der Waals surface area contributed by atoms with Gasteiger partial charge in [-0.2, -0.15) is 0 Å². The van der Waals surface area contributed by atoms with E-state index in [-0.39, 0.29) is 37.7 Å². The number of hydrogen-bond donors (Lipinski definition) is 2. The van der Waals surface area contributed by atoms with Gasteiger partial charge in [0.15, 0.2) is 0 Å². The zero-order valence-corrected chi connectivity index (χ0v) is 17.1. The van der Waals surface area contributed by atoms with Crippen molar-refractivity contribution in [3.05, 3.63) is 0 Å². The van der Waals surface area contributed by atoms with E-state index in [0.29, 0.717) is 75.5 Å². The van der Waals surface area contributed by atoms with Crippen molar-refractivity contribution in [1.82, 2.24) is 10.1 Å². The van der Waals surface area contributed by atoms with E-state index in [2.05, 4.69) is 0 Å². The van der Waals surface area contributed by atoms with E-state index >= 15 is 0 Å². The Labute approximate surface area is 167 Å². The van der Waals surface area contributed by atoms with Gasteiger partial charge in [-0.05, 0) is 25.7 Å². The number of nitrogens with zero attached hydrogens (tertiary/aromatic N) is 2. The fraction of sp³-hybridized carbons (Fsp3) is 0.889. The summed E-state index contributed by atoms with van der Waals surface area (Å²) >= 11 is 0. The second-order valence-electron chi connectivity index (χ2n) is 6.16. The van der Waals surface area contributed by atoms with Crippen LogP contribution in [-0.4, -0.2) is 99.3 Å². The van der Waals surface area contributed by atoms with Crippen LogP contribution in [0.3, 0.4) is 0 Å². The molecule has 0 rings (SSSR count). The predicted octanol–water partition coefficient (Wildman–Crippen LogP) is 1.09. The lowest BCUT2D eigenvalue weighted by molar-refractivity contribution is -0.169. The summed E-state index contributed by atoms with van der Waals surface area (Å²) in [6.45, 7) is 3.14. The fourth-order valence-electron chi connectivity index (χ4n) is 2.17. The quantitative estimate of drug-likeness (QED) is 0.185. The highest BCUT2D eigenvalue weighted by molar-refractivity contribution is 5.75. The summed E-state index contributed by atoms with van der Waals surface area (Å²) in [6.07, 6.45) is 2.37. The molecule has 0 aliphatic rings. The molecule has 0 radical (unpaired) electrons. The monoisotopic (exact) mass is 408 g/mol. The van der Waals surface area contributed by atoms with Gasteiger partial charge in [0, 0.05) is 53.4 Å². The molecule has 0 aliphatic heterocycles. The van der Waals surface area contributed by atoms with E-state index in [1.807, 2.05) is 0 Å². The SMILES string of the molecule is COCCOCCCC(=O)N(O)CCCCN(O)C(=O)CCCOCCOC. The molecule has 2 amide bonds. The summed E-state index contributed by atoms with van der Waals surface area (Å²) in [5, 5.41) is 20.7. The first-order chi connectivity index (χ1) is 13.5. The van der Waals surface area contributed by atoms with E-state index in [0.717, 1.165) is 0 Å². The largest absolute Gasteiger partial charge is 0.382 e. The van der Waals surface area contributed by atoms with Gasteiger partial charge in [-0.3, -0.25) is 20.0 Å². The summed E-state index contributed by atoms with van der Waals surface area (Å²) in [6, 6.07) is 0. The van der Waals surface area contributed by atoms with Crippen LogP contribution in [-0.2, 0) is 28.5 Å². The van der Waals surface area contributed by atoms with Gasteiger partial charge in [-0.25, -0.2) is 10.1 Å². The van der Waals surface area contributed by atoms with Crippen LogP contribution in [0.4, 0.5) is 0 Å². The molecule has 0 aromatic rings. The summed E-state index contributed by atoms with van der Waals surface area (Å²) < 4.78 is 20.2. The van der Waals surface area contributed by atoms with E-state index in [1.165, 1.54) is 0 Å². The number of methoxy groups -OCH3 is 2. The minimum Gasteiger partial charge on any atom is -0.382 e.